The van der Waals surface area contributed by atoms with Crippen molar-refractivity contribution in [1.29, 1.82) is 0 Å². The Balaban J connectivity index is 2.36. The van der Waals surface area contributed by atoms with Crippen molar-refractivity contribution in [2.24, 2.45) is 0 Å². The van der Waals surface area contributed by atoms with E-state index in [-0.39, 0.29) is 6.04 Å². The number of hydrogen-bond donors (Lipinski definition) is 1. The maximum absolute atomic E-state index is 12.9. The molecule has 118 valence electrons. The summed E-state index contributed by atoms with van der Waals surface area (Å²) in [6.45, 7) is 10.6. The molecule has 1 aromatic carbocycles. The molecule has 1 aliphatic rings. The van der Waals surface area contributed by atoms with Crippen LogP contribution < -0.4 is 5.73 Å². The monoisotopic (exact) mass is 311 g/mol. The summed E-state index contributed by atoms with van der Waals surface area (Å²) in [7, 11) is -3.45. The average Bonchev–Trinajstić information content (AvgIpc) is 2.36. The van der Waals surface area contributed by atoms with Gasteiger partial charge in [0, 0.05) is 31.4 Å². The van der Waals surface area contributed by atoms with Gasteiger partial charge in [0.15, 0.2) is 0 Å². The minimum absolute atomic E-state index is 0.243. The summed E-state index contributed by atoms with van der Waals surface area (Å²) in [6, 6.07) is 3.70. The topological polar surface area (TPSA) is 66.6 Å². The Morgan fingerprint density at radius 1 is 1.24 bits per heavy atom. The lowest BCUT2D eigenvalue weighted by Gasteiger charge is -2.38. The van der Waals surface area contributed by atoms with E-state index in [4.69, 9.17) is 5.73 Å². The Morgan fingerprint density at radius 3 is 2.29 bits per heavy atom. The van der Waals surface area contributed by atoms with Gasteiger partial charge in [-0.2, -0.15) is 4.31 Å². The highest BCUT2D eigenvalue weighted by molar-refractivity contribution is 7.89. The summed E-state index contributed by atoms with van der Waals surface area (Å²) in [5.74, 6) is 0. The Morgan fingerprint density at radius 2 is 1.81 bits per heavy atom. The normalized spacial score (nSPS) is 21.6. The van der Waals surface area contributed by atoms with Gasteiger partial charge in [-0.1, -0.05) is 6.92 Å². The first kappa shape index (κ1) is 16.3. The molecule has 5 nitrogen and oxygen atoms in total. The van der Waals surface area contributed by atoms with Crippen molar-refractivity contribution in [1.82, 2.24) is 9.21 Å². The molecule has 0 amide bonds. The van der Waals surface area contributed by atoms with Crippen LogP contribution in [0.25, 0.3) is 0 Å². The maximum Gasteiger partial charge on any atom is 0.243 e. The third-order valence-electron chi connectivity index (χ3n) is 4.21. The zero-order valence-corrected chi connectivity index (χ0v) is 14.1. The number of piperazine rings is 1. The van der Waals surface area contributed by atoms with E-state index < -0.39 is 10.0 Å². The van der Waals surface area contributed by atoms with Crippen LogP contribution >= 0.6 is 0 Å². The van der Waals surface area contributed by atoms with Crippen LogP contribution in [-0.4, -0.2) is 49.8 Å². The molecule has 0 aliphatic carbocycles. The van der Waals surface area contributed by atoms with E-state index in [0.29, 0.717) is 23.7 Å². The number of benzene rings is 1. The number of nitrogen functional groups attached to an aromatic ring is 1. The average molecular weight is 311 g/mol. The maximum atomic E-state index is 12.9. The minimum Gasteiger partial charge on any atom is -0.399 e. The van der Waals surface area contributed by atoms with Crippen LogP contribution in [0.3, 0.4) is 0 Å². The van der Waals surface area contributed by atoms with Gasteiger partial charge in [0.05, 0.1) is 4.90 Å². The molecule has 1 unspecified atom stereocenters. The number of aryl methyl sites for hydroxylation is 2. The first-order valence-corrected chi connectivity index (χ1v) is 8.82. The molecule has 6 heteroatoms. The first-order chi connectivity index (χ1) is 9.77. The van der Waals surface area contributed by atoms with Gasteiger partial charge in [0.1, 0.15) is 0 Å². The third-order valence-corrected chi connectivity index (χ3v) is 6.39. The number of nitrogens with zero attached hydrogens (tertiary/aromatic N) is 2. The molecule has 0 bridgehead atoms. The zero-order valence-electron chi connectivity index (χ0n) is 13.3. The number of anilines is 1. The summed E-state index contributed by atoms with van der Waals surface area (Å²) in [6.07, 6.45) is 0. The number of hydrogen-bond acceptors (Lipinski definition) is 4. The fourth-order valence-electron chi connectivity index (χ4n) is 3.17. The minimum atomic E-state index is -3.45. The molecule has 0 aromatic heterocycles. The van der Waals surface area contributed by atoms with Crippen molar-refractivity contribution in [2.75, 3.05) is 31.9 Å². The van der Waals surface area contributed by atoms with Gasteiger partial charge in [-0.25, -0.2) is 8.42 Å². The van der Waals surface area contributed by atoms with Gasteiger partial charge in [-0.05, 0) is 50.6 Å². The van der Waals surface area contributed by atoms with Crippen LogP contribution in [-0.2, 0) is 10.0 Å². The van der Waals surface area contributed by atoms with Crippen molar-refractivity contribution in [3.05, 3.63) is 23.3 Å². The lowest BCUT2D eigenvalue weighted by molar-refractivity contribution is 0.135. The highest BCUT2D eigenvalue weighted by Crippen LogP contribution is 2.27. The molecule has 0 saturated carbocycles. The second kappa shape index (κ2) is 5.94. The van der Waals surface area contributed by atoms with Crippen LogP contribution in [0.15, 0.2) is 17.0 Å². The quantitative estimate of drug-likeness (QED) is 0.861. The Kier molecular flexibility index (Phi) is 4.60. The van der Waals surface area contributed by atoms with Crippen molar-refractivity contribution >= 4 is 15.7 Å². The van der Waals surface area contributed by atoms with E-state index in [1.165, 1.54) is 0 Å². The molecule has 1 saturated heterocycles. The van der Waals surface area contributed by atoms with Crippen molar-refractivity contribution in [3.63, 3.8) is 0 Å². The van der Waals surface area contributed by atoms with E-state index in [2.05, 4.69) is 18.7 Å². The highest BCUT2D eigenvalue weighted by Gasteiger charge is 2.33. The Bertz CT molecular complexity index is 605. The van der Waals surface area contributed by atoms with Gasteiger partial charge >= 0.3 is 0 Å². The summed E-state index contributed by atoms with van der Waals surface area (Å²) in [4.78, 5) is 2.71. The smallest absolute Gasteiger partial charge is 0.243 e. The molecule has 2 N–H and O–H groups in total. The summed E-state index contributed by atoms with van der Waals surface area (Å²) >= 11 is 0. The van der Waals surface area contributed by atoms with Crippen LogP contribution in [0.1, 0.15) is 25.0 Å². The predicted octanol–water partition coefficient (Wildman–Crippen LogP) is 1.60. The van der Waals surface area contributed by atoms with Gasteiger partial charge in [0.25, 0.3) is 0 Å². The SMILES string of the molecule is CCN1CCN(S(=O)(=O)c2c(C)cc(N)cc2C)CC1C. The molecule has 1 aromatic rings. The van der Waals surface area contributed by atoms with E-state index in [0.717, 1.165) is 24.2 Å². The van der Waals surface area contributed by atoms with E-state index >= 15 is 0 Å². The second-order valence-electron chi connectivity index (χ2n) is 5.82. The number of likely N-dealkylation sites (N-methyl/N-ethyl adjacent to an activating group) is 1. The van der Waals surface area contributed by atoms with E-state index in [9.17, 15) is 8.42 Å². The molecule has 21 heavy (non-hydrogen) atoms. The van der Waals surface area contributed by atoms with Crippen molar-refractivity contribution < 1.29 is 8.42 Å². The van der Waals surface area contributed by atoms with Gasteiger partial charge in [0.2, 0.25) is 10.0 Å². The lowest BCUT2D eigenvalue weighted by atomic mass is 10.1. The Labute approximate surface area is 127 Å². The fourth-order valence-corrected chi connectivity index (χ4v) is 5.09. The van der Waals surface area contributed by atoms with E-state index in [1.807, 2.05) is 13.8 Å². The standard InChI is InChI=1S/C15H25N3O2S/c1-5-17-6-7-18(10-13(17)4)21(19,20)15-11(2)8-14(16)9-12(15)3/h8-9,13H,5-7,10,16H2,1-4H3. The van der Waals surface area contributed by atoms with Crippen LogP contribution in [0, 0.1) is 13.8 Å². The predicted molar refractivity (Wildman–Crippen MR) is 85.8 cm³/mol. The van der Waals surface area contributed by atoms with Gasteiger partial charge in [-0.3, -0.25) is 4.90 Å². The zero-order chi connectivity index (χ0) is 15.8. The molecule has 1 aliphatic heterocycles. The van der Waals surface area contributed by atoms with Gasteiger partial charge < -0.3 is 5.73 Å². The molecule has 0 spiro atoms. The van der Waals surface area contributed by atoms with E-state index in [1.54, 1.807) is 16.4 Å². The number of sulfonamides is 1. The van der Waals surface area contributed by atoms with Crippen LogP contribution in [0.2, 0.25) is 0 Å². The molecule has 2 rings (SSSR count). The van der Waals surface area contributed by atoms with Crippen molar-refractivity contribution in [3.8, 4) is 0 Å². The number of rotatable bonds is 3. The Hall–Kier alpha value is -1.11. The first-order valence-electron chi connectivity index (χ1n) is 7.38. The number of nitrogens with two attached hydrogens (primary N) is 1. The second-order valence-corrected chi connectivity index (χ2v) is 7.70. The molecule has 0 radical (unpaired) electrons. The fraction of sp³-hybridized carbons (Fsp3) is 0.600. The highest BCUT2D eigenvalue weighted by atomic mass is 32.2. The molecule has 1 atom stereocenters. The largest absolute Gasteiger partial charge is 0.399 e. The van der Waals surface area contributed by atoms with Crippen LogP contribution in [0.4, 0.5) is 5.69 Å². The third kappa shape index (κ3) is 3.07. The molecular weight excluding hydrogens is 286 g/mol. The summed E-state index contributed by atoms with van der Waals surface area (Å²) in [5, 5.41) is 0. The summed E-state index contributed by atoms with van der Waals surface area (Å²) < 4.78 is 27.5. The van der Waals surface area contributed by atoms with Crippen LogP contribution in [0.5, 0.6) is 0 Å². The summed E-state index contributed by atoms with van der Waals surface area (Å²) in [5.41, 5.74) is 7.84. The van der Waals surface area contributed by atoms with Crippen molar-refractivity contribution in [2.45, 2.75) is 38.6 Å². The molecule has 1 heterocycles. The molecule has 1 fully saturated rings. The van der Waals surface area contributed by atoms with Gasteiger partial charge in [-0.15, -0.1) is 0 Å². The molecular formula is C15H25N3O2S. The lowest BCUT2D eigenvalue weighted by Crippen LogP contribution is -2.53.